The van der Waals surface area contributed by atoms with E-state index in [4.69, 9.17) is 0 Å². The average Bonchev–Trinajstić information content (AvgIpc) is 2.38. The van der Waals surface area contributed by atoms with Crippen LogP contribution >= 0.6 is 27.7 Å². The van der Waals surface area contributed by atoms with Crippen molar-refractivity contribution in [1.82, 2.24) is 4.90 Å². The van der Waals surface area contributed by atoms with Crippen LogP contribution in [0, 0.1) is 11.8 Å². The fourth-order valence-corrected chi connectivity index (χ4v) is 3.38. The minimum absolute atomic E-state index is 0.0522. The molecular weight excluding hydrogens is 346 g/mol. The number of thioether (sulfide) groups is 1. The number of carbonyl (C=O) groups excluding carboxylic acids is 1. The third kappa shape index (κ3) is 6.88. The summed E-state index contributed by atoms with van der Waals surface area (Å²) in [7, 11) is 0. The normalized spacial score (nSPS) is 12.8. The molecule has 0 heterocycles. The number of hydrogen-bond donors (Lipinski definition) is 0. The lowest BCUT2D eigenvalue weighted by Gasteiger charge is -2.28. The summed E-state index contributed by atoms with van der Waals surface area (Å²) in [6.07, 6.45) is 0. The first kappa shape index (κ1) is 18.6. The van der Waals surface area contributed by atoms with Gasteiger partial charge in [0.1, 0.15) is 0 Å². The number of halogens is 1. The second-order valence-corrected chi connectivity index (χ2v) is 8.57. The number of carbonyl (C=O) groups is 1. The van der Waals surface area contributed by atoms with E-state index in [1.807, 2.05) is 36.1 Å². The van der Waals surface area contributed by atoms with Gasteiger partial charge in [0, 0.05) is 22.5 Å². The van der Waals surface area contributed by atoms with Gasteiger partial charge in [0.05, 0.1) is 5.25 Å². The van der Waals surface area contributed by atoms with Gasteiger partial charge >= 0.3 is 0 Å². The van der Waals surface area contributed by atoms with E-state index in [2.05, 4.69) is 43.6 Å². The highest BCUT2D eigenvalue weighted by atomic mass is 79.9. The summed E-state index contributed by atoms with van der Waals surface area (Å²) in [5, 5.41) is -0.0522. The van der Waals surface area contributed by atoms with E-state index >= 15 is 0 Å². The van der Waals surface area contributed by atoms with Crippen LogP contribution in [0.4, 0.5) is 0 Å². The molecule has 0 aromatic heterocycles. The maximum atomic E-state index is 12.7. The molecule has 1 atom stereocenters. The van der Waals surface area contributed by atoms with Crippen LogP contribution in [-0.2, 0) is 4.79 Å². The summed E-state index contributed by atoms with van der Waals surface area (Å²) < 4.78 is 1.06. The molecule has 1 rings (SSSR count). The predicted molar refractivity (Wildman–Crippen MR) is 95.7 cm³/mol. The fourth-order valence-electron chi connectivity index (χ4n) is 2.16. The Morgan fingerprint density at radius 2 is 1.52 bits per heavy atom. The van der Waals surface area contributed by atoms with Gasteiger partial charge < -0.3 is 4.90 Å². The molecular formula is C17H26BrNOS. The monoisotopic (exact) mass is 371 g/mol. The zero-order valence-electron chi connectivity index (χ0n) is 13.6. The zero-order chi connectivity index (χ0) is 16.0. The zero-order valence-corrected chi connectivity index (χ0v) is 16.0. The molecule has 1 aromatic carbocycles. The fraction of sp³-hybridized carbons (Fsp3) is 0.588. The Hall–Kier alpha value is -0.480. The van der Waals surface area contributed by atoms with Crippen LogP contribution in [0.15, 0.2) is 33.6 Å². The van der Waals surface area contributed by atoms with Gasteiger partial charge in [-0.25, -0.2) is 0 Å². The van der Waals surface area contributed by atoms with Crippen molar-refractivity contribution in [2.45, 2.75) is 44.8 Å². The third-order valence-corrected chi connectivity index (χ3v) is 4.59. The molecule has 0 spiro atoms. The minimum Gasteiger partial charge on any atom is -0.341 e. The van der Waals surface area contributed by atoms with Gasteiger partial charge in [-0.3, -0.25) is 4.79 Å². The Labute approximate surface area is 141 Å². The van der Waals surface area contributed by atoms with Crippen molar-refractivity contribution in [2.75, 3.05) is 13.1 Å². The smallest absolute Gasteiger partial charge is 0.235 e. The molecule has 0 saturated heterocycles. The first-order valence-electron chi connectivity index (χ1n) is 7.50. The molecule has 0 aliphatic rings. The molecule has 1 aromatic rings. The lowest BCUT2D eigenvalue weighted by atomic mass is 10.1. The third-order valence-electron chi connectivity index (χ3n) is 2.96. The summed E-state index contributed by atoms with van der Waals surface area (Å²) in [6, 6.07) is 8.13. The van der Waals surface area contributed by atoms with Gasteiger partial charge in [0.2, 0.25) is 5.91 Å². The van der Waals surface area contributed by atoms with Crippen molar-refractivity contribution < 1.29 is 4.79 Å². The van der Waals surface area contributed by atoms with Gasteiger partial charge in [0.15, 0.2) is 0 Å². The molecule has 118 valence electrons. The second kappa shape index (κ2) is 8.84. The predicted octanol–water partition coefficient (Wildman–Crippen LogP) is 5.07. The van der Waals surface area contributed by atoms with E-state index in [0.717, 1.165) is 22.5 Å². The molecule has 0 N–H and O–H groups in total. The Morgan fingerprint density at radius 1 is 1.05 bits per heavy atom. The van der Waals surface area contributed by atoms with E-state index < -0.39 is 0 Å². The van der Waals surface area contributed by atoms with Crippen molar-refractivity contribution in [3.8, 4) is 0 Å². The van der Waals surface area contributed by atoms with Crippen molar-refractivity contribution in [3.63, 3.8) is 0 Å². The van der Waals surface area contributed by atoms with Gasteiger partial charge in [-0.1, -0.05) is 43.6 Å². The van der Waals surface area contributed by atoms with E-state index in [-0.39, 0.29) is 11.2 Å². The molecule has 1 unspecified atom stereocenters. The lowest BCUT2D eigenvalue weighted by Crippen LogP contribution is -2.41. The first-order chi connectivity index (χ1) is 9.79. The molecule has 0 saturated carbocycles. The molecule has 0 aliphatic carbocycles. The second-order valence-electron chi connectivity index (χ2n) is 6.24. The maximum Gasteiger partial charge on any atom is 0.235 e. The van der Waals surface area contributed by atoms with Crippen LogP contribution in [0.1, 0.15) is 34.6 Å². The Kier molecular flexibility index (Phi) is 7.82. The maximum absolute atomic E-state index is 12.7. The van der Waals surface area contributed by atoms with Crippen LogP contribution in [0.2, 0.25) is 0 Å². The van der Waals surface area contributed by atoms with Gasteiger partial charge in [-0.2, -0.15) is 0 Å². The van der Waals surface area contributed by atoms with Crippen LogP contribution in [0.3, 0.4) is 0 Å². The summed E-state index contributed by atoms with van der Waals surface area (Å²) in [5.74, 6) is 1.24. The summed E-state index contributed by atoms with van der Waals surface area (Å²) in [5.41, 5.74) is 0. The quantitative estimate of drug-likeness (QED) is 0.623. The van der Waals surface area contributed by atoms with Crippen molar-refractivity contribution in [1.29, 1.82) is 0 Å². The van der Waals surface area contributed by atoms with E-state index in [0.29, 0.717) is 11.8 Å². The molecule has 2 nitrogen and oxygen atoms in total. The van der Waals surface area contributed by atoms with Crippen molar-refractivity contribution in [3.05, 3.63) is 28.7 Å². The standard InChI is InChI=1S/C17H26BrNOS/c1-12(2)10-19(11-13(3)4)17(20)14(5)21-16-8-6-15(18)7-9-16/h6-9,12-14H,10-11H2,1-5H3. The molecule has 1 amide bonds. The average molecular weight is 372 g/mol. The van der Waals surface area contributed by atoms with Gasteiger partial charge in [-0.05, 0) is 43.0 Å². The Balaban J connectivity index is 2.70. The van der Waals surface area contributed by atoms with Crippen LogP contribution in [0.25, 0.3) is 0 Å². The topological polar surface area (TPSA) is 20.3 Å². The molecule has 0 bridgehead atoms. The van der Waals surface area contributed by atoms with E-state index in [1.54, 1.807) is 11.8 Å². The number of hydrogen-bond acceptors (Lipinski definition) is 2. The Morgan fingerprint density at radius 3 is 1.95 bits per heavy atom. The summed E-state index contributed by atoms with van der Waals surface area (Å²) >= 11 is 5.06. The van der Waals surface area contributed by atoms with Crippen LogP contribution < -0.4 is 0 Å². The van der Waals surface area contributed by atoms with E-state index in [1.165, 1.54) is 0 Å². The van der Waals surface area contributed by atoms with Crippen LogP contribution in [0.5, 0.6) is 0 Å². The largest absolute Gasteiger partial charge is 0.341 e. The molecule has 4 heteroatoms. The van der Waals surface area contributed by atoms with Crippen LogP contribution in [-0.4, -0.2) is 29.1 Å². The molecule has 0 aliphatic heterocycles. The minimum atomic E-state index is -0.0522. The number of amides is 1. The molecule has 0 fully saturated rings. The number of benzene rings is 1. The Bertz CT molecular complexity index is 435. The molecule has 21 heavy (non-hydrogen) atoms. The highest BCUT2D eigenvalue weighted by molar-refractivity contribution is 9.10. The van der Waals surface area contributed by atoms with Crippen molar-refractivity contribution in [2.24, 2.45) is 11.8 Å². The number of rotatable bonds is 7. The SMILES string of the molecule is CC(C)CN(CC(C)C)C(=O)C(C)Sc1ccc(Br)cc1. The summed E-state index contributed by atoms with van der Waals surface area (Å²) in [4.78, 5) is 15.8. The highest BCUT2D eigenvalue weighted by Crippen LogP contribution is 2.26. The first-order valence-corrected chi connectivity index (χ1v) is 9.17. The van der Waals surface area contributed by atoms with Gasteiger partial charge in [0.25, 0.3) is 0 Å². The molecule has 0 radical (unpaired) electrons. The van der Waals surface area contributed by atoms with Crippen molar-refractivity contribution >= 4 is 33.6 Å². The lowest BCUT2D eigenvalue weighted by molar-refractivity contribution is -0.131. The summed E-state index contributed by atoms with van der Waals surface area (Å²) in [6.45, 7) is 12.3. The highest BCUT2D eigenvalue weighted by Gasteiger charge is 2.22. The number of nitrogens with zero attached hydrogens (tertiary/aromatic N) is 1. The van der Waals surface area contributed by atoms with E-state index in [9.17, 15) is 4.79 Å². The van der Waals surface area contributed by atoms with Gasteiger partial charge in [-0.15, -0.1) is 11.8 Å².